The predicted molar refractivity (Wildman–Crippen MR) is 91.5 cm³/mol. The van der Waals surface area contributed by atoms with E-state index >= 15 is 0 Å². The lowest BCUT2D eigenvalue weighted by atomic mass is 10.2. The highest BCUT2D eigenvalue weighted by Crippen LogP contribution is 2.17. The van der Waals surface area contributed by atoms with Crippen molar-refractivity contribution in [3.8, 4) is 0 Å². The highest BCUT2D eigenvalue weighted by Gasteiger charge is 2.24. The summed E-state index contributed by atoms with van der Waals surface area (Å²) < 4.78 is 5.77. The second-order valence-electron chi connectivity index (χ2n) is 5.92. The van der Waals surface area contributed by atoms with Crippen LogP contribution in [0.2, 0.25) is 0 Å². The van der Waals surface area contributed by atoms with Gasteiger partial charge in [-0.3, -0.25) is 4.90 Å². The average Bonchev–Trinajstić information content (AvgIpc) is 3.05. The number of para-hydroxylation sites is 2. The van der Waals surface area contributed by atoms with Crippen LogP contribution >= 0.6 is 0 Å². The number of oxazole rings is 1. The number of nitrogens with zero attached hydrogens (tertiary/aromatic N) is 5. The molecule has 3 aromatic rings. The van der Waals surface area contributed by atoms with Crippen LogP contribution in [0, 0.1) is 0 Å². The third-order valence-electron chi connectivity index (χ3n) is 4.34. The van der Waals surface area contributed by atoms with E-state index in [9.17, 15) is 0 Å². The van der Waals surface area contributed by atoms with Crippen molar-refractivity contribution < 1.29 is 4.42 Å². The van der Waals surface area contributed by atoms with E-state index in [0.717, 1.165) is 43.2 Å². The molecule has 0 bridgehead atoms. The summed E-state index contributed by atoms with van der Waals surface area (Å²) in [5, 5.41) is 0. The third kappa shape index (κ3) is 3.08. The van der Waals surface area contributed by atoms with Crippen molar-refractivity contribution >= 4 is 17.0 Å². The molecule has 7 nitrogen and oxygen atoms in total. The van der Waals surface area contributed by atoms with Crippen LogP contribution in [-0.2, 0) is 6.42 Å². The van der Waals surface area contributed by atoms with Gasteiger partial charge in [0, 0.05) is 38.6 Å². The van der Waals surface area contributed by atoms with Gasteiger partial charge in [-0.1, -0.05) is 12.1 Å². The van der Waals surface area contributed by atoms with Crippen molar-refractivity contribution in [3.63, 3.8) is 0 Å². The van der Waals surface area contributed by atoms with Gasteiger partial charge in [0.1, 0.15) is 5.52 Å². The standard InChI is InChI=1S/C17H20N6O/c18-15(12-16-21-13-4-1-2-5-14(13)24-16)22-8-10-23(11-9-22)17-19-6-3-7-20-17/h1-7,15H,8-12,18H2. The second kappa shape index (κ2) is 6.54. The summed E-state index contributed by atoms with van der Waals surface area (Å²) in [4.78, 5) is 17.6. The van der Waals surface area contributed by atoms with Crippen LogP contribution < -0.4 is 10.6 Å². The fourth-order valence-corrected chi connectivity index (χ4v) is 3.02. The number of hydrogen-bond acceptors (Lipinski definition) is 7. The number of benzene rings is 1. The number of anilines is 1. The van der Waals surface area contributed by atoms with Crippen molar-refractivity contribution in [2.75, 3.05) is 31.1 Å². The highest BCUT2D eigenvalue weighted by molar-refractivity contribution is 5.72. The molecule has 7 heteroatoms. The molecule has 2 N–H and O–H groups in total. The molecule has 1 aliphatic rings. The van der Waals surface area contributed by atoms with Crippen LogP contribution in [0.1, 0.15) is 5.89 Å². The van der Waals surface area contributed by atoms with E-state index in [1.54, 1.807) is 12.4 Å². The van der Waals surface area contributed by atoms with E-state index in [4.69, 9.17) is 10.2 Å². The fraction of sp³-hybridized carbons (Fsp3) is 0.353. The molecule has 0 spiro atoms. The van der Waals surface area contributed by atoms with Crippen LogP contribution in [0.3, 0.4) is 0 Å². The summed E-state index contributed by atoms with van der Waals surface area (Å²) in [6, 6.07) is 9.61. The zero-order valence-electron chi connectivity index (χ0n) is 13.4. The number of fused-ring (bicyclic) bond motifs is 1. The molecule has 124 valence electrons. The van der Waals surface area contributed by atoms with E-state index in [-0.39, 0.29) is 6.17 Å². The minimum Gasteiger partial charge on any atom is -0.441 e. The average molecular weight is 324 g/mol. The van der Waals surface area contributed by atoms with Gasteiger partial charge >= 0.3 is 0 Å². The Morgan fingerprint density at radius 2 is 1.79 bits per heavy atom. The maximum absolute atomic E-state index is 6.36. The van der Waals surface area contributed by atoms with Gasteiger partial charge < -0.3 is 15.1 Å². The molecule has 3 heterocycles. The number of aromatic nitrogens is 3. The maximum Gasteiger partial charge on any atom is 0.225 e. The SMILES string of the molecule is NC(Cc1nc2ccccc2o1)N1CCN(c2ncccn2)CC1. The number of piperazine rings is 1. The molecule has 0 saturated carbocycles. The summed E-state index contributed by atoms with van der Waals surface area (Å²) in [5.41, 5.74) is 8.05. The summed E-state index contributed by atoms with van der Waals surface area (Å²) >= 11 is 0. The van der Waals surface area contributed by atoms with Gasteiger partial charge in [0.2, 0.25) is 5.95 Å². The van der Waals surface area contributed by atoms with Crippen LogP contribution in [-0.4, -0.2) is 52.2 Å². The molecule has 2 aromatic heterocycles. The topological polar surface area (TPSA) is 84.3 Å². The number of nitrogens with two attached hydrogens (primary N) is 1. The second-order valence-corrected chi connectivity index (χ2v) is 5.92. The normalized spacial score (nSPS) is 17.3. The van der Waals surface area contributed by atoms with Gasteiger partial charge in [-0.25, -0.2) is 15.0 Å². The van der Waals surface area contributed by atoms with E-state index in [0.29, 0.717) is 12.3 Å². The highest BCUT2D eigenvalue weighted by atomic mass is 16.3. The lowest BCUT2D eigenvalue weighted by molar-refractivity contribution is 0.180. The lowest BCUT2D eigenvalue weighted by Gasteiger charge is -2.37. The molecule has 1 aromatic carbocycles. The quantitative estimate of drug-likeness (QED) is 0.773. The first-order chi connectivity index (χ1) is 11.8. The van der Waals surface area contributed by atoms with E-state index in [2.05, 4.69) is 24.8 Å². The number of hydrogen-bond donors (Lipinski definition) is 1. The smallest absolute Gasteiger partial charge is 0.225 e. The van der Waals surface area contributed by atoms with Gasteiger partial charge in [0.05, 0.1) is 12.6 Å². The van der Waals surface area contributed by atoms with Crippen molar-refractivity contribution in [1.82, 2.24) is 19.9 Å². The molecule has 24 heavy (non-hydrogen) atoms. The van der Waals surface area contributed by atoms with Crippen molar-refractivity contribution in [2.45, 2.75) is 12.6 Å². The molecule has 1 saturated heterocycles. The maximum atomic E-state index is 6.36. The Bertz CT molecular complexity index is 764. The number of rotatable bonds is 4. The largest absolute Gasteiger partial charge is 0.441 e. The molecule has 0 amide bonds. The molecule has 0 radical (unpaired) electrons. The van der Waals surface area contributed by atoms with Gasteiger partial charge in [-0.2, -0.15) is 0 Å². The molecule has 0 aliphatic carbocycles. The lowest BCUT2D eigenvalue weighted by Crippen LogP contribution is -2.54. The van der Waals surface area contributed by atoms with Gasteiger partial charge in [-0.15, -0.1) is 0 Å². The third-order valence-corrected chi connectivity index (χ3v) is 4.34. The van der Waals surface area contributed by atoms with E-state index in [1.165, 1.54) is 0 Å². The van der Waals surface area contributed by atoms with E-state index < -0.39 is 0 Å². The minimum absolute atomic E-state index is 0.100. The van der Waals surface area contributed by atoms with Crippen LogP contribution in [0.5, 0.6) is 0 Å². The Labute approximate surface area is 140 Å². The first-order valence-corrected chi connectivity index (χ1v) is 8.15. The Kier molecular flexibility index (Phi) is 4.10. The predicted octanol–water partition coefficient (Wildman–Crippen LogP) is 1.27. The van der Waals surface area contributed by atoms with Gasteiger partial charge in [0.25, 0.3) is 0 Å². The summed E-state index contributed by atoms with van der Waals surface area (Å²) in [6.45, 7) is 3.48. The molecule has 1 unspecified atom stereocenters. The van der Waals surface area contributed by atoms with Crippen LogP contribution in [0.4, 0.5) is 5.95 Å². The summed E-state index contributed by atoms with van der Waals surface area (Å²) in [6.07, 6.45) is 4.05. The summed E-state index contributed by atoms with van der Waals surface area (Å²) in [5.74, 6) is 1.47. The van der Waals surface area contributed by atoms with Crippen LogP contribution in [0.15, 0.2) is 47.1 Å². The first-order valence-electron chi connectivity index (χ1n) is 8.15. The Morgan fingerprint density at radius 1 is 1.04 bits per heavy atom. The van der Waals surface area contributed by atoms with Gasteiger partial charge in [-0.05, 0) is 18.2 Å². The molecule has 1 atom stereocenters. The Morgan fingerprint density at radius 3 is 2.54 bits per heavy atom. The molecular weight excluding hydrogens is 304 g/mol. The van der Waals surface area contributed by atoms with E-state index in [1.807, 2.05) is 30.3 Å². The monoisotopic (exact) mass is 324 g/mol. The van der Waals surface area contributed by atoms with Crippen molar-refractivity contribution in [1.29, 1.82) is 0 Å². The fourth-order valence-electron chi connectivity index (χ4n) is 3.02. The van der Waals surface area contributed by atoms with Crippen molar-refractivity contribution in [2.24, 2.45) is 5.73 Å². The molecule has 1 fully saturated rings. The Balaban J connectivity index is 1.36. The molecule has 1 aliphatic heterocycles. The Hall–Kier alpha value is -2.51. The zero-order valence-corrected chi connectivity index (χ0v) is 13.4. The van der Waals surface area contributed by atoms with Crippen LogP contribution in [0.25, 0.3) is 11.1 Å². The van der Waals surface area contributed by atoms with Gasteiger partial charge in [0.15, 0.2) is 11.5 Å². The zero-order chi connectivity index (χ0) is 16.4. The minimum atomic E-state index is -0.100. The summed E-state index contributed by atoms with van der Waals surface area (Å²) in [7, 11) is 0. The molecular formula is C17H20N6O. The van der Waals surface area contributed by atoms with Crippen molar-refractivity contribution in [3.05, 3.63) is 48.6 Å². The first kappa shape index (κ1) is 15.0. The molecule has 4 rings (SSSR count).